The van der Waals surface area contributed by atoms with Crippen molar-refractivity contribution >= 4 is 15.9 Å². The Kier molecular flexibility index (Phi) is 6.15. The number of benzene rings is 2. The summed E-state index contributed by atoms with van der Waals surface area (Å²) in [5, 5.41) is 0. The molecule has 1 atom stereocenters. The molecule has 1 aliphatic rings. The van der Waals surface area contributed by atoms with Gasteiger partial charge in [0, 0.05) is 38.7 Å². The monoisotopic (exact) mass is 404 g/mol. The molecule has 0 radical (unpaired) electrons. The molecule has 3 rings (SSSR count). The van der Waals surface area contributed by atoms with Crippen molar-refractivity contribution in [1.29, 1.82) is 0 Å². The summed E-state index contributed by atoms with van der Waals surface area (Å²) in [6, 6.07) is 12.6. The van der Waals surface area contributed by atoms with E-state index in [1.165, 1.54) is 38.4 Å². The quantitative estimate of drug-likeness (QED) is 0.784. The lowest BCUT2D eigenvalue weighted by Crippen LogP contribution is -2.34. The minimum absolute atomic E-state index is 0.109. The van der Waals surface area contributed by atoms with Gasteiger partial charge in [0.15, 0.2) is 0 Å². The third-order valence-electron chi connectivity index (χ3n) is 5.18. The van der Waals surface area contributed by atoms with Crippen molar-refractivity contribution < 1.29 is 17.6 Å². The second-order valence-corrected chi connectivity index (χ2v) is 9.46. The highest BCUT2D eigenvalue weighted by Gasteiger charge is 2.25. The van der Waals surface area contributed by atoms with Gasteiger partial charge in [-0.15, -0.1) is 0 Å². The Bertz CT molecular complexity index is 925. The summed E-state index contributed by atoms with van der Waals surface area (Å²) < 4.78 is 38.7. The van der Waals surface area contributed by atoms with Crippen molar-refractivity contribution in [2.24, 2.45) is 0 Å². The first kappa shape index (κ1) is 20.5. The van der Waals surface area contributed by atoms with Crippen molar-refractivity contribution in [2.45, 2.75) is 30.1 Å². The Morgan fingerprint density at radius 3 is 2.29 bits per heavy atom. The molecule has 2 aromatic rings. The smallest absolute Gasteiger partial charge is 0.253 e. The molecule has 1 fully saturated rings. The van der Waals surface area contributed by atoms with Crippen LogP contribution in [0.3, 0.4) is 0 Å². The maximum atomic E-state index is 13.2. The summed E-state index contributed by atoms with van der Waals surface area (Å²) >= 11 is 0. The summed E-state index contributed by atoms with van der Waals surface area (Å²) in [5.74, 6) is -0.207. The summed E-state index contributed by atoms with van der Waals surface area (Å²) in [7, 11) is -0.574. The first-order chi connectivity index (χ1) is 13.3. The molecule has 0 N–H and O–H groups in total. The summed E-state index contributed by atoms with van der Waals surface area (Å²) in [6.45, 7) is 1.23. The number of rotatable bonds is 4. The van der Waals surface area contributed by atoms with E-state index in [2.05, 4.69) is 0 Å². The van der Waals surface area contributed by atoms with Crippen LogP contribution in [-0.4, -0.2) is 50.7 Å². The van der Waals surface area contributed by atoms with E-state index in [1.807, 2.05) is 4.90 Å². The highest BCUT2D eigenvalue weighted by Crippen LogP contribution is 2.27. The van der Waals surface area contributed by atoms with Gasteiger partial charge in [0.05, 0.1) is 4.90 Å². The van der Waals surface area contributed by atoms with Gasteiger partial charge in [-0.25, -0.2) is 17.1 Å². The topological polar surface area (TPSA) is 57.7 Å². The molecule has 0 saturated carbocycles. The molecule has 0 bridgehead atoms. The van der Waals surface area contributed by atoms with Crippen LogP contribution in [-0.2, 0) is 10.0 Å². The van der Waals surface area contributed by atoms with Gasteiger partial charge in [-0.05, 0) is 54.8 Å². The Morgan fingerprint density at radius 1 is 1.04 bits per heavy atom. The lowest BCUT2D eigenvalue weighted by atomic mass is 9.94. The molecule has 150 valence electrons. The van der Waals surface area contributed by atoms with Gasteiger partial charge in [-0.2, -0.15) is 0 Å². The second kappa shape index (κ2) is 8.41. The zero-order valence-electron chi connectivity index (χ0n) is 16.1. The van der Waals surface area contributed by atoms with Crippen LogP contribution in [0.25, 0.3) is 0 Å². The van der Waals surface area contributed by atoms with Gasteiger partial charge in [0.1, 0.15) is 5.82 Å². The van der Waals surface area contributed by atoms with Gasteiger partial charge >= 0.3 is 0 Å². The van der Waals surface area contributed by atoms with Crippen molar-refractivity contribution in [2.75, 3.05) is 27.2 Å². The standard InChI is InChI=1S/C21H25FN2O3S/c1-23(2)28(26,27)20-12-8-17(9-13-20)21(25)24-14-4-3-5-18(15-24)16-6-10-19(22)11-7-16/h6-13,18H,3-5,14-15H2,1-2H3/t18-/m1/s1. The van der Waals surface area contributed by atoms with Crippen LogP contribution in [0, 0.1) is 5.82 Å². The Hall–Kier alpha value is -2.25. The first-order valence-corrected chi connectivity index (χ1v) is 10.8. The van der Waals surface area contributed by atoms with E-state index in [1.54, 1.807) is 24.3 Å². The van der Waals surface area contributed by atoms with Crippen LogP contribution in [0.4, 0.5) is 4.39 Å². The predicted molar refractivity (Wildman–Crippen MR) is 106 cm³/mol. The van der Waals surface area contributed by atoms with Gasteiger partial charge in [0.2, 0.25) is 10.0 Å². The third-order valence-corrected chi connectivity index (χ3v) is 7.01. The molecule has 5 nitrogen and oxygen atoms in total. The highest BCUT2D eigenvalue weighted by atomic mass is 32.2. The molecular weight excluding hydrogens is 379 g/mol. The molecule has 1 aliphatic heterocycles. The van der Waals surface area contributed by atoms with Crippen LogP contribution in [0.1, 0.15) is 41.1 Å². The number of hydrogen-bond acceptors (Lipinski definition) is 3. The Morgan fingerprint density at radius 2 is 1.68 bits per heavy atom. The summed E-state index contributed by atoms with van der Waals surface area (Å²) in [5.41, 5.74) is 1.51. The van der Waals surface area contributed by atoms with E-state index in [4.69, 9.17) is 0 Å². The molecular formula is C21H25FN2O3S. The molecule has 0 spiro atoms. The molecule has 1 saturated heterocycles. The fourth-order valence-corrected chi connectivity index (χ4v) is 4.40. The van der Waals surface area contributed by atoms with Crippen molar-refractivity contribution in [3.63, 3.8) is 0 Å². The normalized spacial score (nSPS) is 18.1. The number of hydrogen-bond donors (Lipinski definition) is 0. The Labute approximate surface area is 165 Å². The summed E-state index contributed by atoms with van der Waals surface area (Å²) in [4.78, 5) is 15.0. The number of carbonyl (C=O) groups excluding carboxylic acids is 1. The number of halogens is 1. The fourth-order valence-electron chi connectivity index (χ4n) is 3.50. The van der Waals surface area contributed by atoms with Gasteiger partial charge in [-0.1, -0.05) is 18.6 Å². The largest absolute Gasteiger partial charge is 0.338 e. The zero-order valence-corrected chi connectivity index (χ0v) is 17.0. The van der Waals surface area contributed by atoms with Crippen LogP contribution in [0.5, 0.6) is 0 Å². The average molecular weight is 405 g/mol. The van der Waals surface area contributed by atoms with E-state index in [9.17, 15) is 17.6 Å². The first-order valence-electron chi connectivity index (χ1n) is 9.36. The molecule has 0 aromatic heterocycles. The van der Waals surface area contributed by atoms with Gasteiger partial charge in [0.25, 0.3) is 5.91 Å². The average Bonchev–Trinajstić information content (AvgIpc) is 2.94. The molecule has 28 heavy (non-hydrogen) atoms. The van der Waals surface area contributed by atoms with E-state index < -0.39 is 10.0 Å². The Balaban J connectivity index is 1.78. The van der Waals surface area contributed by atoms with Crippen molar-refractivity contribution in [3.05, 3.63) is 65.5 Å². The van der Waals surface area contributed by atoms with Crippen LogP contribution in [0.2, 0.25) is 0 Å². The lowest BCUT2D eigenvalue weighted by molar-refractivity contribution is 0.0754. The molecule has 1 heterocycles. The van der Waals surface area contributed by atoms with E-state index in [0.717, 1.165) is 29.1 Å². The van der Waals surface area contributed by atoms with Crippen LogP contribution < -0.4 is 0 Å². The van der Waals surface area contributed by atoms with Crippen LogP contribution >= 0.6 is 0 Å². The molecule has 2 aromatic carbocycles. The van der Waals surface area contributed by atoms with E-state index >= 15 is 0 Å². The SMILES string of the molecule is CN(C)S(=O)(=O)c1ccc(C(=O)N2CCCC[C@@H](c3ccc(F)cc3)C2)cc1. The van der Waals surface area contributed by atoms with E-state index in [-0.39, 0.29) is 22.5 Å². The maximum Gasteiger partial charge on any atom is 0.253 e. The maximum absolute atomic E-state index is 13.2. The zero-order chi connectivity index (χ0) is 20.3. The number of likely N-dealkylation sites (tertiary alicyclic amines) is 1. The van der Waals surface area contributed by atoms with Crippen LogP contribution in [0.15, 0.2) is 53.4 Å². The number of sulfonamides is 1. The molecule has 0 unspecified atom stereocenters. The number of amides is 1. The highest BCUT2D eigenvalue weighted by molar-refractivity contribution is 7.89. The predicted octanol–water partition coefficient (Wildman–Crippen LogP) is 3.49. The lowest BCUT2D eigenvalue weighted by Gasteiger charge is -2.25. The van der Waals surface area contributed by atoms with Gasteiger partial charge < -0.3 is 4.90 Å². The fraction of sp³-hybridized carbons (Fsp3) is 0.381. The van der Waals surface area contributed by atoms with E-state index in [0.29, 0.717) is 18.7 Å². The molecule has 7 heteroatoms. The van der Waals surface area contributed by atoms with Crippen molar-refractivity contribution in [1.82, 2.24) is 9.21 Å². The minimum Gasteiger partial charge on any atom is -0.338 e. The molecule has 0 aliphatic carbocycles. The minimum atomic E-state index is -3.52. The summed E-state index contributed by atoms with van der Waals surface area (Å²) in [6.07, 6.45) is 2.87. The third kappa shape index (κ3) is 4.42. The number of carbonyl (C=O) groups is 1. The van der Waals surface area contributed by atoms with Crippen molar-refractivity contribution in [3.8, 4) is 0 Å². The molecule has 1 amide bonds. The second-order valence-electron chi connectivity index (χ2n) is 7.31. The number of nitrogens with zero attached hydrogens (tertiary/aromatic N) is 2. The van der Waals surface area contributed by atoms with Gasteiger partial charge in [-0.3, -0.25) is 4.79 Å².